The number of ether oxygens (including phenoxy) is 1. The molecule has 5 aromatic rings. The molecule has 2 N–H and O–H groups in total. The van der Waals surface area contributed by atoms with Crippen molar-refractivity contribution < 1.29 is 17.9 Å². The summed E-state index contributed by atoms with van der Waals surface area (Å²) in [5.41, 5.74) is 7.67. The third-order valence-corrected chi connectivity index (χ3v) is 9.37. The van der Waals surface area contributed by atoms with Crippen molar-refractivity contribution in [2.24, 2.45) is 5.73 Å². The van der Waals surface area contributed by atoms with Crippen molar-refractivity contribution >= 4 is 43.5 Å². The largest absolute Gasteiger partial charge is 0.443 e. The lowest BCUT2D eigenvalue weighted by atomic mass is 9.99. The third-order valence-electron chi connectivity index (χ3n) is 6.55. The maximum absolute atomic E-state index is 13.4. The van der Waals surface area contributed by atoms with Gasteiger partial charge in [0.2, 0.25) is 0 Å². The van der Waals surface area contributed by atoms with E-state index in [1.807, 2.05) is 69.3 Å². The van der Waals surface area contributed by atoms with Crippen molar-refractivity contribution in [3.05, 3.63) is 103 Å². The van der Waals surface area contributed by atoms with Gasteiger partial charge in [-0.3, -0.25) is 4.90 Å². The SMILES string of the molecule is CC(C)(C)OC(=O)N(CC(CN)c1ccccc1)c1ccc(-c2ccnc3c2ccn3S(=O)(=O)c2ccccc2)s1. The van der Waals surface area contributed by atoms with E-state index >= 15 is 0 Å². The van der Waals surface area contributed by atoms with Crippen molar-refractivity contribution in [1.82, 2.24) is 8.96 Å². The number of hydrogen-bond donors (Lipinski definition) is 1. The van der Waals surface area contributed by atoms with E-state index in [0.717, 1.165) is 16.0 Å². The van der Waals surface area contributed by atoms with E-state index in [2.05, 4.69) is 4.98 Å². The smallest absolute Gasteiger partial charge is 0.415 e. The Morgan fingerprint density at radius 1 is 1.00 bits per heavy atom. The van der Waals surface area contributed by atoms with E-state index in [0.29, 0.717) is 29.1 Å². The number of hydrogen-bond acceptors (Lipinski definition) is 7. The Bertz CT molecular complexity index is 1760. The minimum atomic E-state index is -3.82. The van der Waals surface area contributed by atoms with Crippen LogP contribution in [0.3, 0.4) is 0 Å². The van der Waals surface area contributed by atoms with Gasteiger partial charge in [0.25, 0.3) is 10.0 Å². The van der Waals surface area contributed by atoms with Gasteiger partial charge in [-0.05, 0) is 62.7 Å². The summed E-state index contributed by atoms with van der Waals surface area (Å²) in [4.78, 5) is 20.5. The fraction of sp³-hybridized carbons (Fsp3) is 0.226. The minimum absolute atomic E-state index is 0.0980. The molecule has 10 heteroatoms. The van der Waals surface area contributed by atoms with Crippen LogP contribution in [0.5, 0.6) is 0 Å². The highest BCUT2D eigenvalue weighted by molar-refractivity contribution is 7.90. The van der Waals surface area contributed by atoms with E-state index in [1.54, 1.807) is 47.5 Å². The van der Waals surface area contributed by atoms with Crippen molar-refractivity contribution in [2.75, 3.05) is 18.0 Å². The Balaban J connectivity index is 1.52. The monoisotopic (exact) mass is 588 g/mol. The lowest BCUT2D eigenvalue weighted by Crippen LogP contribution is -2.40. The first kappa shape index (κ1) is 28.5. The van der Waals surface area contributed by atoms with E-state index in [4.69, 9.17) is 10.5 Å². The summed E-state index contributed by atoms with van der Waals surface area (Å²) in [5.74, 6) is -0.0980. The van der Waals surface area contributed by atoms with Crippen LogP contribution in [0.2, 0.25) is 0 Å². The van der Waals surface area contributed by atoms with Crippen LogP contribution in [0.25, 0.3) is 21.5 Å². The molecule has 0 radical (unpaired) electrons. The first-order valence-electron chi connectivity index (χ1n) is 13.2. The number of aromatic nitrogens is 2. The fourth-order valence-electron chi connectivity index (χ4n) is 4.58. The highest BCUT2D eigenvalue weighted by Crippen LogP contribution is 2.39. The zero-order valence-corrected chi connectivity index (χ0v) is 24.7. The van der Waals surface area contributed by atoms with Crippen LogP contribution in [0.4, 0.5) is 9.80 Å². The Labute approximate surface area is 244 Å². The maximum atomic E-state index is 13.4. The standard InChI is InChI=1S/C31H32N4O4S2/c1-31(2,3)39-30(36)34(21-23(20-32)22-10-6-4-7-11-22)28-15-14-27(40-28)25-16-18-33-29-26(25)17-19-35(29)41(37,38)24-12-8-5-9-13-24/h4-19,23H,20-21,32H2,1-3H3. The number of anilines is 1. The molecule has 0 fully saturated rings. The molecule has 3 aromatic heterocycles. The third kappa shape index (κ3) is 6.04. The van der Waals surface area contributed by atoms with Crippen LogP contribution >= 0.6 is 11.3 Å². The second-order valence-corrected chi connectivity index (χ2v) is 13.5. The van der Waals surface area contributed by atoms with Crippen molar-refractivity contribution in [1.29, 1.82) is 0 Å². The molecule has 41 heavy (non-hydrogen) atoms. The number of nitrogens with two attached hydrogens (primary N) is 1. The maximum Gasteiger partial charge on any atom is 0.415 e. The highest BCUT2D eigenvalue weighted by Gasteiger charge is 2.28. The Morgan fingerprint density at radius 2 is 1.68 bits per heavy atom. The second kappa shape index (κ2) is 11.5. The molecule has 0 saturated carbocycles. The van der Waals surface area contributed by atoms with Crippen LogP contribution in [0.15, 0.2) is 102 Å². The van der Waals surface area contributed by atoms with Gasteiger partial charge in [-0.2, -0.15) is 0 Å². The average molecular weight is 589 g/mol. The number of carbonyl (C=O) groups is 1. The predicted molar refractivity (Wildman–Crippen MR) is 164 cm³/mol. The molecule has 1 unspecified atom stereocenters. The van der Waals surface area contributed by atoms with Gasteiger partial charge in [0.15, 0.2) is 5.65 Å². The summed E-state index contributed by atoms with van der Waals surface area (Å²) in [6.07, 6.45) is 2.66. The number of benzene rings is 2. The van der Waals surface area contributed by atoms with E-state index in [-0.39, 0.29) is 10.8 Å². The number of pyridine rings is 1. The topological polar surface area (TPSA) is 108 Å². The predicted octanol–water partition coefficient (Wildman–Crippen LogP) is 6.49. The number of nitrogens with zero attached hydrogens (tertiary/aromatic N) is 3. The number of fused-ring (bicyclic) bond motifs is 1. The number of rotatable bonds is 8. The Kier molecular flexibility index (Phi) is 7.99. The molecular formula is C31H32N4O4S2. The molecule has 0 spiro atoms. The summed E-state index contributed by atoms with van der Waals surface area (Å²) in [6, 6.07) is 25.6. The molecule has 0 aliphatic heterocycles. The van der Waals surface area contributed by atoms with Crippen molar-refractivity contribution in [3.63, 3.8) is 0 Å². The zero-order valence-electron chi connectivity index (χ0n) is 23.1. The molecule has 1 atom stereocenters. The quantitative estimate of drug-likeness (QED) is 0.222. The number of thiophene rings is 1. The van der Waals surface area contributed by atoms with Gasteiger partial charge in [-0.1, -0.05) is 48.5 Å². The molecule has 8 nitrogen and oxygen atoms in total. The van der Waals surface area contributed by atoms with Crippen LogP contribution < -0.4 is 10.6 Å². The van der Waals surface area contributed by atoms with Gasteiger partial charge in [0, 0.05) is 47.2 Å². The summed E-state index contributed by atoms with van der Waals surface area (Å²) < 4.78 is 33.7. The van der Waals surface area contributed by atoms with Crippen LogP contribution in [0, 0.1) is 0 Å². The van der Waals surface area contributed by atoms with Gasteiger partial charge in [-0.25, -0.2) is 22.2 Å². The van der Waals surface area contributed by atoms with Gasteiger partial charge >= 0.3 is 6.09 Å². The first-order valence-corrected chi connectivity index (χ1v) is 15.5. The van der Waals surface area contributed by atoms with E-state index in [1.165, 1.54) is 21.5 Å². The molecule has 5 rings (SSSR count). The Morgan fingerprint density at radius 3 is 2.34 bits per heavy atom. The summed E-state index contributed by atoms with van der Waals surface area (Å²) >= 11 is 1.42. The van der Waals surface area contributed by atoms with Crippen LogP contribution in [0.1, 0.15) is 32.3 Å². The molecule has 0 aliphatic rings. The molecule has 2 aromatic carbocycles. The first-order chi connectivity index (χ1) is 19.6. The van der Waals surface area contributed by atoms with Gasteiger partial charge in [0.05, 0.1) is 4.90 Å². The normalized spacial score (nSPS) is 12.8. The number of amides is 1. The Hall–Kier alpha value is -3.99. The molecule has 0 bridgehead atoms. The molecule has 212 valence electrons. The molecule has 3 heterocycles. The summed E-state index contributed by atoms with van der Waals surface area (Å²) in [6.45, 7) is 6.20. The van der Waals surface area contributed by atoms with Gasteiger partial charge in [-0.15, -0.1) is 11.3 Å². The van der Waals surface area contributed by atoms with E-state index < -0.39 is 21.7 Å². The molecular weight excluding hydrogens is 556 g/mol. The van der Waals surface area contributed by atoms with Crippen molar-refractivity contribution in [3.8, 4) is 10.4 Å². The molecule has 0 aliphatic carbocycles. The van der Waals surface area contributed by atoms with Crippen LogP contribution in [-0.2, 0) is 14.8 Å². The lowest BCUT2D eigenvalue weighted by Gasteiger charge is -2.29. The van der Waals surface area contributed by atoms with E-state index in [9.17, 15) is 13.2 Å². The minimum Gasteiger partial charge on any atom is -0.443 e. The molecule has 1 amide bonds. The number of carbonyl (C=O) groups excluding carboxylic acids is 1. The second-order valence-electron chi connectivity index (χ2n) is 10.6. The van der Waals surface area contributed by atoms with Crippen LogP contribution in [-0.4, -0.2) is 42.2 Å². The highest BCUT2D eigenvalue weighted by atomic mass is 32.2. The zero-order chi connectivity index (χ0) is 29.2. The van der Waals surface area contributed by atoms with Gasteiger partial charge in [0.1, 0.15) is 10.6 Å². The van der Waals surface area contributed by atoms with Crippen molar-refractivity contribution in [2.45, 2.75) is 37.2 Å². The van der Waals surface area contributed by atoms with Gasteiger partial charge < -0.3 is 10.5 Å². The molecule has 0 saturated heterocycles. The summed E-state index contributed by atoms with van der Waals surface area (Å²) in [5, 5.41) is 1.39. The summed E-state index contributed by atoms with van der Waals surface area (Å²) in [7, 11) is -3.82. The fourth-order valence-corrected chi connectivity index (χ4v) is 6.95. The lowest BCUT2D eigenvalue weighted by molar-refractivity contribution is 0.0579. The average Bonchev–Trinajstić information content (AvgIpc) is 3.62.